The lowest BCUT2D eigenvalue weighted by molar-refractivity contribution is -0.122. The van der Waals surface area contributed by atoms with Crippen LogP contribution in [-0.4, -0.2) is 5.91 Å². The summed E-state index contributed by atoms with van der Waals surface area (Å²) in [7, 11) is 0. The van der Waals surface area contributed by atoms with Gasteiger partial charge in [-0.3, -0.25) is 4.79 Å². The zero-order valence-corrected chi connectivity index (χ0v) is 11.8. The number of nitrogens with one attached hydrogen (secondary N) is 1. The third-order valence-corrected chi connectivity index (χ3v) is 3.41. The van der Waals surface area contributed by atoms with E-state index in [0.717, 1.165) is 23.8 Å². The van der Waals surface area contributed by atoms with Crippen LogP contribution in [-0.2, 0) is 10.3 Å². The van der Waals surface area contributed by atoms with Gasteiger partial charge in [0.25, 0.3) is 0 Å². The average Bonchev–Trinajstić information content (AvgIpc) is 2.43. The number of anilines is 1. The van der Waals surface area contributed by atoms with E-state index in [2.05, 4.69) is 5.32 Å². The number of benzene rings is 2. The number of aryl methyl sites for hydroxylation is 1. The van der Waals surface area contributed by atoms with E-state index in [1.165, 1.54) is 6.92 Å². The highest BCUT2D eigenvalue weighted by molar-refractivity contribution is 5.89. The molecule has 2 aromatic rings. The predicted molar refractivity (Wildman–Crippen MR) is 77.7 cm³/mol. The van der Waals surface area contributed by atoms with Crippen molar-refractivity contribution in [2.24, 2.45) is 5.73 Å². The van der Waals surface area contributed by atoms with Crippen LogP contribution in [0.25, 0.3) is 0 Å². The summed E-state index contributed by atoms with van der Waals surface area (Å²) < 4.78 is 27.4. The summed E-state index contributed by atoms with van der Waals surface area (Å²) >= 11 is 0. The van der Waals surface area contributed by atoms with E-state index in [0.29, 0.717) is 5.69 Å². The molecule has 110 valence electrons. The van der Waals surface area contributed by atoms with Gasteiger partial charge in [0.15, 0.2) is 0 Å². The third-order valence-electron chi connectivity index (χ3n) is 3.41. The molecule has 0 spiro atoms. The average molecular weight is 290 g/mol. The van der Waals surface area contributed by atoms with Crippen LogP contribution in [0.15, 0.2) is 42.5 Å². The zero-order chi connectivity index (χ0) is 15.6. The first-order chi connectivity index (χ1) is 9.83. The number of rotatable bonds is 4. The molecule has 0 heterocycles. The Kier molecular flexibility index (Phi) is 3.93. The highest BCUT2D eigenvalue weighted by atomic mass is 19.1. The van der Waals surface area contributed by atoms with Gasteiger partial charge in [0, 0.05) is 11.3 Å². The minimum absolute atomic E-state index is 0.129. The van der Waals surface area contributed by atoms with Gasteiger partial charge in [0.2, 0.25) is 5.91 Å². The summed E-state index contributed by atoms with van der Waals surface area (Å²) in [4.78, 5) is 11.8. The predicted octanol–water partition coefficient (Wildman–Crippen LogP) is 3.09. The quantitative estimate of drug-likeness (QED) is 0.909. The van der Waals surface area contributed by atoms with E-state index in [-0.39, 0.29) is 5.56 Å². The molecule has 0 aromatic heterocycles. The molecule has 2 rings (SSSR count). The molecular weight excluding hydrogens is 274 g/mol. The Morgan fingerprint density at radius 1 is 1.14 bits per heavy atom. The Balaban J connectivity index is 2.47. The van der Waals surface area contributed by atoms with Crippen LogP contribution in [0.5, 0.6) is 0 Å². The number of carbonyl (C=O) groups excluding carboxylic acids is 1. The van der Waals surface area contributed by atoms with Crippen molar-refractivity contribution in [2.45, 2.75) is 19.4 Å². The summed E-state index contributed by atoms with van der Waals surface area (Å²) in [5.74, 6) is -2.13. The molecule has 1 amide bonds. The molecule has 2 aromatic carbocycles. The highest BCUT2D eigenvalue weighted by Gasteiger charge is 2.36. The largest absolute Gasteiger partial charge is 0.368 e. The van der Waals surface area contributed by atoms with Gasteiger partial charge in [-0.15, -0.1) is 0 Å². The SMILES string of the molecule is Cc1ccc(NC(C)(C(N)=O)c2cc(F)ccc2F)cc1. The van der Waals surface area contributed by atoms with E-state index in [9.17, 15) is 13.6 Å². The Morgan fingerprint density at radius 3 is 2.33 bits per heavy atom. The lowest BCUT2D eigenvalue weighted by atomic mass is 9.90. The maximum atomic E-state index is 14.0. The van der Waals surface area contributed by atoms with Gasteiger partial charge >= 0.3 is 0 Å². The number of primary amides is 1. The maximum absolute atomic E-state index is 14.0. The first-order valence-corrected chi connectivity index (χ1v) is 6.43. The first-order valence-electron chi connectivity index (χ1n) is 6.43. The van der Waals surface area contributed by atoms with Crippen LogP contribution in [0, 0.1) is 18.6 Å². The Morgan fingerprint density at radius 2 is 1.76 bits per heavy atom. The number of carbonyl (C=O) groups is 1. The minimum atomic E-state index is -1.55. The summed E-state index contributed by atoms with van der Waals surface area (Å²) in [6, 6.07) is 10.1. The van der Waals surface area contributed by atoms with Gasteiger partial charge in [-0.1, -0.05) is 17.7 Å². The van der Waals surface area contributed by atoms with E-state index >= 15 is 0 Å². The summed E-state index contributed by atoms with van der Waals surface area (Å²) in [6.45, 7) is 3.34. The van der Waals surface area contributed by atoms with Crippen molar-refractivity contribution in [3.63, 3.8) is 0 Å². The monoisotopic (exact) mass is 290 g/mol. The normalized spacial score (nSPS) is 13.5. The molecule has 0 fully saturated rings. The van der Waals surface area contributed by atoms with Gasteiger partial charge in [0.1, 0.15) is 17.2 Å². The Hall–Kier alpha value is -2.43. The maximum Gasteiger partial charge on any atom is 0.247 e. The fourth-order valence-corrected chi connectivity index (χ4v) is 2.07. The molecule has 0 aliphatic rings. The van der Waals surface area contributed by atoms with Crippen LogP contribution < -0.4 is 11.1 Å². The van der Waals surface area contributed by atoms with E-state index in [1.54, 1.807) is 12.1 Å². The van der Waals surface area contributed by atoms with Crippen molar-refractivity contribution < 1.29 is 13.6 Å². The molecule has 0 saturated heterocycles. The van der Waals surface area contributed by atoms with Crippen molar-refractivity contribution in [2.75, 3.05) is 5.32 Å². The topological polar surface area (TPSA) is 55.1 Å². The standard InChI is InChI=1S/C16H16F2N2O/c1-10-3-6-12(7-4-10)20-16(2,15(19)21)13-9-11(17)5-8-14(13)18/h3-9,20H,1-2H3,(H2,19,21). The summed E-state index contributed by atoms with van der Waals surface area (Å²) in [6.07, 6.45) is 0. The Bertz CT molecular complexity index is 670. The zero-order valence-electron chi connectivity index (χ0n) is 11.8. The molecule has 5 heteroatoms. The minimum Gasteiger partial charge on any atom is -0.368 e. The molecule has 3 N–H and O–H groups in total. The van der Waals surface area contributed by atoms with E-state index in [4.69, 9.17) is 5.73 Å². The number of nitrogens with two attached hydrogens (primary N) is 1. The molecule has 0 aliphatic heterocycles. The van der Waals surface area contributed by atoms with Crippen molar-refractivity contribution in [3.05, 3.63) is 65.2 Å². The first kappa shape index (κ1) is 15.0. The fraction of sp³-hybridized carbons (Fsp3) is 0.188. The van der Waals surface area contributed by atoms with Crippen LogP contribution in [0.1, 0.15) is 18.1 Å². The van der Waals surface area contributed by atoms with Gasteiger partial charge in [0.05, 0.1) is 0 Å². The molecule has 1 atom stereocenters. The van der Waals surface area contributed by atoms with Gasteiger partial charge in [-0.25, -0.2) is 8.78 Å². The lowest BCUT2D eigenvalue weighted by Gasteiger charge is -2.29. The smallest absolute Gasteiger partial charge is 0.247 e. The van der Waals surface area contributed by atoms with Gasteiger partial charge in [-0.05, 0) is 44.2 Å². The fourth-order valence-electron chi connectivity index (χ4n) is 2.07. The second kappa shape index (κ2) is 5.52. The Labute approximate surface area is 121 Å². The molecule has 0 saturated carbocycles. The number of hydrogen-bond donors (Lipinski definition) is 2. The highest BCUT2D eigenvalue weighted by Crippen LogP contribution is 2.29. The molecule has 3 nitrogen and oxygen atoms in total. The van der Waals surface area contributed by atoms with Gasteiger partial charge in [-0.2, -0.15) is 0 Å². The molecule has 21 heavy (non-hydrogen) atoms. The van der Waals surface area contributed by atoms with Gasteiger partial charge < -0.3 is 11.1 Å². The number of halogens is 2. The van der Waals surface area contributed by atoms with Crippen molar-refractivity contribution in [1.29, 1.82) is 0 Å². The molecule has 0 bridgehead atoms. The second-order valence-electron chi connectivity index (χ2n) is 5.10. The molecular formula is C16H16F2N2O. The van der Waals surface area contributed by atoms with Crippen LogP contribution in [0.3, 0.4) is 0 Å². The van der Waals surface area contributed by atoms with Crippen LogP contribution >= 0.6 is 0 Å². The number of amides is 1. The summed E-state index contributed by atoms with van der Waals surface area (Å²) in [5, 5.41) is 2.89. The third kappa shape index (κ3) is 3.02. The second-order valence-corrected chi connectivity index (χ2v) is 5.10. The van der Waals surface area contributed by atoms with E-state index in [1.807, 2.05) is 19.1 Å². The molecule has 0 aliphatic carbocycles. The molecule has 1 unspecified atom stereocenters. The van der Waals surface area contributed by atoms with Crippen molar-refractivity contribution >= 4 is 11.6 Å². The van der Waals surface area contributed by atoms with Crippen molar-refractivity contribution in [3.8, 4) is 0 Å². The van der Waals surface area contributed by atoms with Crippen molar-refractivity contribution in [1.82, 2.24) is 0 Å². The van der Waals surface area contributed by atoms with E-state index < -0.39 is 23.1 Å². The number of hydrogen-bond acceptors (Lipinski definition) is 2. The van der Waals surface area contributed by atoms with Crippen LogP contribution in [0.4, 0.5) is 14.5 Å². The molecule has 0 radical (unpaired) electrons. The summed E-state index contributed by atoms with van der Waals surface area (Å²) in [5.41, 5.74) is 5.35. The van der Waals surface area contributed by atoms with Crippen LogP contribution in [0.2, 0.25) is 0 Å². The lowest BCUT2D eigenvalue weighted by Crippen LogP contribution is -2.45.